The molecule has 0 rings (SSSR count). The van der Waals surface area contributed by atoms with E-state index in [9.17, 15) is 16.8 Å². The van der Waals surface area contributed by atoms with Crippen LogP contribution >= 0.6 is 0 Å². The first-order valence-corrected chi connectivity index (χ1v) is 7.31. The van der Waals surface area contributed by atoms with Gasteiger partial charge in [-0.25, -0.2) is 26.7 Å². The van der Waals surface area contributed by atoms with E-state index in [-0.39, 0.29) is 31.0 Å². The maximum absolute atomic E-state index is 11.0. The molecule has 0 amide bonds. The molecule has 14 heavy (non-hydrogen) atoms. The number of nitrogens with one attached hydrogen (secondary N) is 1. The third-order valence-corrected chi connectivity index (χ3v) is 3.59. The summed E-state index contributed by atoms with van der Waals surface area (Å²) in [7, 11) is -6.87. The standard InChI is InChI=1S/C5H15N3O4S2/c6-2-5-14(11,12)8-3-1-4-13(7,9)10/h8H,1-6H2,(H2,7,9,10). The summed E-state index contributed by atoms with van der Waals surface area (Å²) in [5.41, 5.74) is 5.05. The highest BCUT2D eigenvalue weighted by Crippen LogP contribution is 1.87. The third kappa shape index (κ3) is 8.38. The molecule has 0 saturated heterocycles. The normalized spacial score (nSPS) is 13.0. The monoisotopic (exact) mass is 245 g/mol. The quantitative estimate of drug-likeness (QED) is 0.428. The largest absolute Gasteiger partial charge is 0.329 e. The van der Waals surface area contributed by atoms with Crippen LogP contribution < -0.4 is 15.6 Å². The lowest BCUT2D eigenvalue weighted by Crippen LogP contribution is -2.31. The second-order valence-electron chi connectivity index (χ2n) is 2.72. The fourth-order valence-corrected chi connectivity index (χ4v) is 2.19. The van der Waals surface area contributed by atoms with Gasteiger partial charge in [0.2, 0.25) is 20.0 Å². The summed E-state index contributed by atoms with van der Waals surface area (Å²) in [4.78, 5) is 0. The Morgan fingerprint density at radius 1 is 1.07 bits per heavy atom. The zero-order valence-electron chi connectivity index (χ0n) is 7.64. The van der Waals surface area contributed by atoms with Gasteiger partial charge in [0.1, 0.15) is 0 Å². The van der Waals surface area contributed by atoms with Crippen LogP contribution in [0, 0.1) is 0 Å². The molecule has 5 N–H and O–H groups in total. The Morgan fingerprint density at radius 2 is 1.64 bits per heavy atom. The molecule has 0 atom stereocenters. The van der Waals surface area contributed by atoms with Gasteiger partial charge in [0.25, 0.3) is 0 Å². The lowest BCUT2D eigenvalue weighted by Gasteiger charge is -2.04. The van der Waals surface area contributed by atoms with Crippen LogP contribution in [0.3, 0.4) is 0 Å². The number of sulfonamides is 2. The van der Waals surface area contributed by atoms with Gasteiger partial charge >= 0.3 is 0 Å². The van der Waals surface area contributed by atoms with Gasteiger partial charge in [-0.05, 0) is 6.42 Å². The van der Waals surface area contributed by atoms with Gasteiger partial charge in [0.05, 0.1) is 11.5 Å². The van der Waals surface area contributed by atoms with Crippen molar-refractivity contribution >= 4 is 20.0 Å². The lowest BCUT2D eigenvalue weighted by atomic mass is 10.5. The van der Waals surface area contributed by atoms with Crippen molar-refractivity contribution in [2.24, 2.45) is 10.9 Å². The topological polar surface area (TPSA) is 132 Å². The van der Waals surface area contributed by atoms with Crippen LogP contribution in [0.4, 0.5) is 0 Å². The molecule has 0 aromatic carbocycles. The van der Waals surface area contributed by atoms with Crippen molar-refractivity contribution in [2.45, 2.75) is 6.42 Å². The number of nitrogens with two attached hydrogens (primary N) is 2. The molecule has 86 valence electrons. The van der Waals surface area contributed by atoms with Crippen LogP contribution in [0.2, 0.25) is 0 Å². The fourth-order valence-electron chi connectivity index (χ4n) is 0.728. The smallest absolute Gasteiger partial charge is 0.212 e. The Kier molecular flexibility index (Phi) is 5.52. The average molecular weight is 245 g/mol. The van der Waals surface area contributed by atoms with Crippen LogP contribution in [-0.2, 0) is 20.0 Å². The van der Waals surface area contributed by atoms with E-state index in [1.54, 1.807) is 0 Å². The molecule has 0 radical (unpaired) electrons. The van der Waals surface area contributed by atoms with Gasteiger partial charge < -0.3 is 5.73 Å². The molecule has 0 aliphatic carbocycles. The third-order valence-electron chi connectivity index (χ3n) is 1.31. The molecule has 0 saturated carbocycles. The van der Waals surface area contributed by atoms with Crippen molar-refractivity contribution in [3.63, 3.8) is 0 Å². The first kappa shape index (κ1) is 13.8. The fraction of sp³-hybridized carbons (Fsp3) is 1.00. The summed E-state index contributed by atoms with van der Waals surface area (Å²) in [6.45, 7) is 0.0866. The second-order valence-corrected chi connectivity index (χ2v) is 6.38. The van der Waals surface area contributed by atoms with Crippen molar-refractivity contribution in [3.8, 4) is 0 Å². The molecule has 0 fully saturated rings. The first-order chi connectivity index (χ1) is 6.27. The van der Waals surface area contributed by atoms with Gasteiger partial charge in [-0.15, -0.1) is 0 Å². The van der Waals surface area contributed by atoms with Crippen molar-refractivity contribution in [2.75, 3.05) is 24.6 Å². The maximum Gasteiger partial charge on any atom is 0.212 e. The summed E-state index contributed by atoms with van der Waals surface area (Å²) < 4.78 is 45.1. The van der Waals surface area contributed by atoms with E-state index in [0.29, 0.717) is 0 Å². The van der Waals surface area contributed by atoms with Gasteiger partial charge in [-0.1, -0.05) is 0 Å². The SMILES string of the molecule is NCCS(=O)(=O)NCCCS(N)(=O)=O. The predicted octanol–water partition coefficient (Wildman–Crippen LogP) is -2.46. The van der Waals surface area contributed by atoms with E-state index in [4.69, 9.17) is 10.9 Å². The van der Waals surface area contributed by atoms with Gasteiger partial charge in [0, 0.05) is 13.1 Å². The molecule has 0 aliphatic rings. The summed E-state index contributed by atoms with van der Waals surface area (Å²) >= 11 is 0. The van der Waals surface area contributed by atoms with Crippen LogP contribution in [0.15, 0.2) is 0 Å². The molecule has 0 bridgehead atoms. The molecule has 0 heterocycles. The van der Waals surface area contributed by atoms with E-state index < -0.39 is 20.0 Å². The molecule has 0 aromatic rings. The molecule has 9 heteroatoms. The van der Waals surface area contributed by atoms with Gasteiger partial charge in [-0.3, -0.25) is 0 Å². The molecule has 0 unspecified atom stereocenters. The van der Waals surface area contributed by atoms with E-state index in [0.717, 1.165) is 0 Å². The minimum absolute atomic E-state index is 0.0323. The van der Waals surface area contributed by atoms with Gasteiger partial charge in [0.15, 0.2) is 0 Å². The minimum atomic E-state index is -3.51. The van der Waals surface area contributed by atoms with Gasteiger partial charge in [-0.2, -0.15) is 0 Å². The summed E-state index contributed by atoms with van der Waals surface area (Å²) in [5, 5.41) is 4.72. The van der Waals surface area contributed by atoms with Crippen LogP contribution in [0.25, 0.3) is 0 Å². The van der Waals surface area contributed by atoms with E-state index in [1.807, 2.05) is 0 Å². The Bertz CT molecular complexity index is 347. The van der Waals surface area contributed by atoms with Crippen LogP contribution in [0.5, 0.6) is 0 Å². The Morgan fingerprint density at radius 3 is 2.07 bits per heavy atom. The highest BCUT2D eigenvalue weighted by atomic mass is 32.2. The lowest BCUT2D eigenvalue weighted by molar-refractivity contribution is 0.576. The van der Waals surface area contributed by atoms with Crippen molar-refractivity contribution < 1.29 is 16.8 Å². The Hall–Kier alpha value is -0.220. The first-order valence-electron chi connectivity index (χ1n) is 3.95. The minimum Gasteiger partial charge on any atom is -0.329 e. The summed E-state index contributed by atoms with van der Waals surface area (Å²) in [6, 6.07) is 0. The molecule has 0 aliphatic heterocycles. The molecular weight excluding hydrogens is 230 g/mol. The van der Waals surface area contributed by atoms with Crippen molar-refractivity contribution in [1.82, 2.24) is 4.72 Å². The van der Waals surface area contributed by atoms with Crippen molar-refractivity contribution in [3.05, 3.63) is 0 Å². The Balaban J connectivity index is 3.76. The second kappa shape index (κ2) is 5.61. The molecule has 0 aromatic heterocycles. The zero-order chi connectivity index (χ0) is 11.2. The average Bonchev–Trinajstić information content (AvgIpc) is 1.96. The maximum atomic E-state index is 11.0. The molecular formula is C5H15N3O4S2. The number of hydrogen-bond acceptors (Lipinski definition) is 5. The van der Waals surface area contributed by atoms with E-state index in [2.05, 4.69) is 4.72 Å². The zero-order valence-corrected chi connectivity index (χ0v) is 9.27. The van der Waals surface area contributed by atoms with E-state index in [1.165, 1.54) is 0 Å². The number of primary sulfonamides is 1. The highest BCUT2D eigenvalue weighted by Gasteiger charge is 2.08. The highest BCUT2D eigenvalue weighted by molar-refractivity contribution is 7.89. The van der Waals surface area contributed by atoms with Crippen LogP contribution in [-0.4, -0.2) is 41.4 Å². The summed E-state index contributed by atoms with van der Waals surface area (Å²) in [5.74, 6) is -0.402. The van der Waals surface area contributed by atoms with Crippen LogP contribution in [0.1, 0.15) is 6.42 Å². The van der Waals surface area contributed by atoms with Crippen molar-refractivity contribution in [1.29, 1.82) is 0 Å². The van der Waals surface area contributed by atoms with E-state index >= 15 is 0 Å². The number of rotatable bonds is 7. The summed E-state index contributed by atoms with van der Waals surface area (Å²) in [6.07, 6.45) is 0.155. The predicted molar refractivity (Wildman–Crippen MR) is 53.4 cm³/mol. The molecule has 0 spiro atoms. The Labute approximate surface area is 84.0 Å². The number of hydrogen-bond donors (Lipinski definition) is 3. The molecule has 7 nitrogen and oxygen atoms in total.